The number of nitrogens with zero attached hydrogens (tertiary/aromatic N) is 1. The zero-order valence-corrected chi connectivity index (χ0v) is 13.5. The van der Waals surface area contributed by atoms with Crippen molar-refractivity contribution in [2.75, 3.05) is 19.6 Å². The van der Waals surface area contributed by atoms with Crippen LogP contribution in [0.2, 0.25) is 0 Å². The van der Waals surface area contributed by atoms with Crippen LogP contribution in [-0.2, 0) is 0 Å². The maximum absolute atomic E-state index is 3.78. The maximum Gasteiger partial charge on any atom is 0.0246 e. The van der Waals surface area contributed by atoms with Crippen LogP contribution in [-0.4, -0.2) is 36.6 Å². The van der Waals surface area contributed by atoms with Crippen molar-refractivity contribution in [2.45, 2.75) is 85.2 Å². The van der Waals surface area contributed by atoms with Gasteiger partial charge >= 0.3 is 0 Å². The van der Waals surface area contributed by atoms with Crippen LogP contribution in [0.1, 0.15) is 73.1 Å². The van der Waals surface area contributed by atoms with E-state index in [1.807, 2.05) is 0 Å². The van der Waals surface area contributed by atoms with Crippen LogP contribution in [0, 0.1) is 0 Å². The van der Waals surface area contributed by atoms with Gasteiger partial charge in [-0.1, -0.05) is 41.0 Å². The van der Waals surface area contributed by atoms with Crippen molar-refractivity contribution in [1.82, 2.24) is 10.2 Å². The van der Waals surface area contributed by atoms with E-state index in [2.05, 4.69) is 44.8 Å². The molecule has 0 bridgehead atoms. The first kappa shape index (κ1) is 17.9. The summed E-state index contributed by atoms with van der Waals surface area (Å²) in [4.78, 5) is 2.71. The Balaban J connectivity index is 4.58. The number of rotatable bonds is 12. The van der Waals surface area contributed by atoms with E-state index in [-0.39, 0.29) is 0 Å². The van der Waals surface area contributed by atoms with Crippen LogP contribution in [0.4, 0.5) is 0 Å². The molecule has 2 heteroatoms. The molecule has 0 radical (unpaired) electrons. The van der Waals surface area contributed by atoms with Gasteiger partial charge in [-0.15, -0.1) is 0 Å². The van der Waals surface area contributed by atoms with E-state index < -0.39 is 0 Å². The highest BCUT2D eigenvalue weighted by Crippen LogP contribution is 2.15. The van der Waals surface area contributed by atoms with Gasteiger partial charge in [0.1, 0.15) is 0 Å². The van der Waals surface area contributed by atoms with Crippen LogP contribution >= 0.6 is 0 Å². The molecule has 0 aromatic heterocycles. The molecule has 18 heavy (non-hydrogen) atoms. The lowest BCUT2D eigenvalue weighted by Crippen LogP contribution is -2.50. The Morgan fingerprint density at radius 1 is 0.833 bits per heavy atom. The smallest absolute Gasteiger partial charge is 0.0246 e. The van der Waals surface area contributed by atoms with Crippen molar-refractivity contribution in [3.05, 3.63) is 0 Å². The molecule has 2 unspecified atom stereocenters. The minimum atomic E-state index is 0.679. The van der Waals surface area contributed by atoms with Gasteiger partial charge in [-0.25, -0.2) is 0 Å². The average molecular weight is 256 g/mol. The topological polar surface area (TPSA) is 15.3 Å². The molecule has 0 aromatic carbocycles. The molecule has 1 N–H and O–H groups in total. The van der Waals surface area contributed by atoms with Crippen molar-refractivity contribution >= 4 is 0 Å². The zero-order chi connectivity index (χ0) is 13.8. The Bertz CT molecular complexity index is 164. The lowest BCUT2D eigenvalue weighted by Gasteiger charge is -2.37. The van der Waals surface area contributed by atoms with Crippen LogP contribution in [0.3, 0.4) is 0 Å². The van der Waals surface area contributed by atoms with Gasteiger partial charge in [-0.05, 0) is 51.7 Å². The average Bonchev–Trinajstić information content (AvgIpc) is 2.37. The van der Waals surface area contributed by atoms with Crippen LogP contribution in [0.25, 0.3) is 0 Å². The van der Waals surface area contributed by atoms with Crippen LogP contribution in [0.5, 0.6) is 0 Å². The Labute approximate surface area is 116 Å². The van der Waals surface area contributed by atoms with Gasteiger partial charge in [0.2, 0.25) is 0 Å². The maximum atomic E-state index is 3.78. The third-order valence-corrected chi connectivity index (χ3v) is 3.63. The molecule has 0 aliphatic rings. The second kappa shape index (κ2) is 12.0. The molecular weight excluding hydrogens is 220 g/mol. The summed E-state index contributed by atoms with van der Waals surface area (Å²) < 4.78 is 0. The van der Waals surface area contributed by atoms with E-state index in [1.54, 1.807) is 0 Å². The molecule has 2 nitrogen and oxygen atoms in total. The molecule has 110 valence electrons. The summed E-state index contributed by atoms with van der Waals surface area (Å²) >= 11 is 0. The first-order valence-corrected chi connectivity index (χ1v) is 8.22. The van der Waals surface area contributed by atoms with E-state index in [4.69, 9.17) is 0 Å². The monoisotopic (exact) mass is 256 g/mol. The highest BCUT2D eigenvalue weighted by molar-refractivity contribution is 4.83. The molecule has 0 saturated heterocycles. The molecule has 0 spiro atoms. The van der Waals surface area contributed by atoms with Gasteiger partial charge in [0, 0.05) is 12.1 Å². The second-order valence-electron chi connectivity index (χ2n) is 5.36. The molecule has 0 heterocycles. The van der Waals surface area contributed by atoms with Gasteiger partial charge in [0.15, 0.2) is 0 Å². The normalized spacial score (nSPS) is 15.0. The molecule has 0 aliphatic carbocycles. The van der Waals surface area contributed by atoms with Crippen molar-refractivity contribution in [1.29, 1.82) is 0 Å². The Morgan fingerprint density at radius 3 is 1.83 bits per heavy atom. The van der Waals surface area contributed by atoms with Gasteiger partial charge in [0.25, 0.3) is 0 Å². The molecule has 0 amide bonds. The van der Waals surface area contributed by atoms with Crippen molar-refractivity contribution in [2.24, 2.45) is 0 Å². The second-order valence-corrected chi connectivity index (χ2v) is 5.36. The van der Waals surface area contributed by atoms with E-state index >= 15 is 0 Å². The molecule has 0 aromatic rings. The van der Waals surface area contributed by atoms with Gasteiger partial charge in [-0.3, -0.25) is 4.90 Å². The summed E-state index contributed by atoms with van der Waals surface area (Å²) in [6, 6.07) is 1.40. The van der Waals surface area contributed by atoms with E-state index in [1.165, 1.54) is 51.6 Å². The third-order valence-electron chi connectivity index (χ3n) is 3.63. The quantitative estimate of drug-likeness (QED) is 0.566. The van der Waals surface area contributed by atoms with Crippen molar-refractivity contribution in [3.63, 3.8) is 0 Å². The van der Waals surface area contributed by atoms with E-state index in [0.29, 0.717) is 6.04 Å². The lowest BCUT2D eigenvalue weighted by molar-refractivity contribution is 0.146. The number of hydrogen-bond acceptors (Lipinski definition) is 2. The summed E-state index contributed by atoms with van der Waals surface area (Å²) in [7, 11) is 0. The fourth-order valence-electron chi connectivity index (χ4n) is 2.89. The number of hydrogen-bond donors (Lipinski definition) is 1. The lowest BCUT2D eigenvalue weighted by atomic mass is 9.98. The molecular formula is C16H36N2. The highest BCUT2D eigenvalue weighted by Gasteiger charge is 2.23. The molecule has 0 aliphatic heterocycles. The summed E-state index contributed by atoms with van der Waals surface area (Å²) in [5, 5.41) is 3.78. The Kier molecular flexibility index (Phi) is 11.9. The first-order chi connectivity index (χ1) is 8.74. The fourth-order valence-corrected chi connectivity index (χ4v) is 2.89. The standard InChI is InChI=1S/C16H36N2/c1-6-11-15(17-12-7-2)16(10-5)18(13-8-3)14-9-4/h15-17H,6-14H2,1-5H3. The largest absolute Gasteiger partial charge is 0.312 e. The fraction of sp³-hybridized carbons (Fsp3) is 1.00. The predicted molar refractivity (Wildman–Crippen MR) is 83.2 cm³/mol. The summed E-state index contributed by atoms with van der Waals surface area (Å²) in [5.74, 6) is 0. The van der Waals surface area contributed by atoms with Crippen molar-refractivity contribution < 1.29 is 0 Å². The summed E-state index contributed by atoms with van der Waals surface area (Å²) in [6.45, 7) is 15.2. The Morgan fingerprint density at radius 2 is 1.44 bits per heavy atom. The molecule has 2 atom stereocenters. The summed E-state index contributed by atoms with van der Waals surface area (Å²) in [5.41, 5.74) is 0. The van der Waals surface area contributed by atoms with Crippen LogP contribution < -0.4 is 5.32 Å². The first-order valence-electron chi connectivity index (χ1n) is 8.22. The predicted octanol–water partition coefficient (Wildman–Crippen LogP) is 4.06. The minimum absolute atomic E-state index is 0.679. The van der Waals surface area contributed by atoms with E-state index in [0.717, 1.165) is 12.6 Å². The summed E-state index contributed by atoms with van der Waals surface area (Å²) in [6.07, 6.45) is 7.62. The molecule has 0 rings (SSSR count). The van der Waals surface area contributed by atoms with Gasteiger partial charge < -0.3 is 5.32 Å². The third kappa shape index (κ3) is 6.75. The minimum Gasteiger partial charge on any atom is -0.312 e. The van der Waals surface area contributed by atoms with Gasteiger partial charge in [0.05, 0.1) is 0 Å². The molecule has 0 saturated carbocycles. The Hall–Kier alpha value is -0.0800. The highest BCUT2D eigenvalue weighted by atomic mass is 15.2. The van der Waals surface area contributed by atoms with Crippen molar-refractivity contribution in [3.8, 4) is 0 Å². The molecule has 0 fully saturated rings. The van der Waals surface area contributed by atoms with E-state index in [9.17, 15) is 0 Å². The SMILES string of the molecule is CCCNC(CCC)C(CC)N(CCC)CCC. The van der Waals surface area contributed by atoms with Crippen LogP contribution in [0.15, 0.2) is 0 Å². The number of nitrogens with one attached hydrogen (secondary N) is 1. The zero-order valence-electron chi connectivity index (χ0n) is 13.5. The van der Waals surface area contributed by atoms with Gasteiger partial charge in [-0.2, -0.15) is 0 Å².